The van der Waals surface area contributed by atoms with Gasteiger partial charge in [-0.1, -0.05) is 12.1 Å². The maximum absolute atomic E-state index is 8.80. The molecule has 0 saturated heterocycles. The van der Waals surface area contributed by atoms with Gasteiger partial charge in [0.1, 0.15) is 12.4 Å². The molecule has 0 aliphatic heterocycles. The minimum Gasteiger partial charge on any atom is -0.491 e. The summed E-state index contributed by atoms with van der Waals surface area (Å²) in [5.74, 6) is 0.783. The normalized spacial score (nSPS) is 13.5. The Morgan fingerprint density at radius 1 is 1.35 bits per heavy atom. The van der Waals surface area contributed by atoms with Crippen molar-refractivity contribution in [2.45, 2.75) is 26.4 Å². The van der Waals surface area contributed by atoms with Gasteiger partial charge in [-0.05, 0) is 43.2 Å². The van der Waals surface area contributed by atoms with E-state index in [9.17, 15) is 0 Å². The number of rotatable bonds is 6. The Morgan fingerprint density at radius 3 is 2.47 bits per heavy atom. The highest BCUT2D eigenvalue weighted by atomic mass is 16.5. The molecule has 1 atom stereocenters. The molecule has 0 aromatic heterocycles. The molecular formula is C13H19NO3. The minimum absolute atomic E-state index is 0.0693. The smallest absolute Gasteiger partial charge is 0.119 e. The number of hydrogen-bond donors (Lipinski definition) is 1. The van der Waals surface area contributed by atoms with Crippen molar-refractivity contribution in [1.29, 1.82) is 0 Å². The minimum atomic E-state index is 0.0693. The highest BCUT2D eigenvalue weighted by Gasteiger charge is 2.03. The second-order valence-electron chi connectivity index (χ2n) is 3.78. The molecule has 0 fully saturated rings. The molecule has 1 aromatic carbocycles. The molecule has 1 aromatic rings. The van der Waals surface area contributed by atoms with E-state index in [1.807, 2.05) is 38.1 Å². The van der Waals surface area contributed by atoms with E-state index in [0.717, 1.165) is 11.3 Å². The molecule has 4 nitrogen and oxygen atoms in total. The van der Waals surface area contributed by atoms with E-state index in [2.05, 4.69) is 5.16 Å². The maximum atomic E-state index is 8.80. The van der Waals surface area contributed by atoms with Crippen molar-refractivity contribution in [1.82, 2.24) is 0 Å². The number of oxime groups is 1. The van der Waals surface area contributed by atoms with Crippen molar-refractivity contribution < 1.29 is 14.7 Å². The van der Waals surface area contributed by atoms with Crippen LogP contribution in [0.15, 0.2) is 29.4 Å². The zero-order valence-corrected chi connectivity index (χ0v) is 10.5. The average molecular weight is 237 g/mol. The van der Waals surface area contributed by atoms with Crippen molar-refractivity contribution in [2.75, 3.05) is 13.7 Å². The van der Waals surface area contributed by atoms with Crippen LogP contribution in [-0.2, 0) is 4.74 Å². The van der Waals surface area contributed by atoms with Crippen LogP contribution in [0.5, 0.6) is 5.75 Å². The first-order valence-electron chi connectivity index (χ1n) is 5.68. The Kier molecular flexibility index (Phi) is 5.49. The second kappa shape index (κ2) is 6.91. The Labute approximate surface area is 102 Å². The van der Waals surface area contributed by atoms with Gasteiger partial charge in [-0.3, -0.25) is 0 Å². The molecular weight excluding hydrogens is 218 g/mol. The van der Waals surface area contributed by atoms with Crippen LogP contribution in [0.4, 0.5) is 0 Å². The van der Waals surface area contributed by atoms with E-state index in [-0.39, 0.29) is 6.10 Å². The van der Waals surface area contributed by atoms with Crippen LogP contribution in [0, 0.1) is 0 Å². The number of nitrogens with zero attached hydrogens (tertiary/aromatic N) is 1. The van der Waals surface area contributed by atoms with Crippen LogP contribution in [0.2, 0.25) is 0 Å². The summed E-state index contributed by atoms with van der Waals surface area (Å²) in [5, 5.41) is 12.0. The summed E-state index contributed by atoms with van der Waals surface area (Å²) in [6.45, 7) is 4.41. The summed E-state index contributed by atoms with van der Waals surface area (Å²) < 4.78 is 10.6. The van der Waals surface area contributed by atoms with E-state index < -0.39 is 0 Å². The number of methoxy groups -OCH3 is 1. The van der Waals surface area contributed by atoms with Crippen LogP contribution in [0.1, 0.15) is 25.8 Å². The van der Waals surface area contributed by atoms with E-state index in [4.69, 9.17) is 14.7 Å². The summed E-state index contributed by atoms with van der Waals surface area (Å²) in [6.07, 6.45) is 0.761. The zero-order valence-electron chi connectivity index (χ0n) is 10.5. The molecule has 0 heterocycles. The topological polar surface area (TPSA) is 51.1 Å². The number of ether oxygens (including phenoxy) is 2. The third-order valence-corrected chi connectivity index (χ3v) is 2.53. The Morgan fingerprint density at radius 2 is 2.00 bits per heavy atom. The summed E-state index contributed by atoms with van der Waals surface area (Å²) in [5.41, 5.74) is 1.57. The van der Waals surface area contributed by atoms with Gasteiger partial charge in [0.05, 0.1) is 11.8 Å². The van der Waals surface area contributed by atoms with Gasteiger partial charge in [0.25, 0.3) is 0 Å². The van der Waals surface area contributed by atoms with Crippen LogP contribution < -0.4 is 4.74 Å². The van der Waals surface area contributed by atoms with Crippen LogP contribution in [-0.4, -0.2) is 30.7 Å². The van der Waals surface area contributed by atoms with Gasteiger partial charge in [0.2, 0.25) is 0 Å². The van der Waals surface area contributed by atoms with Gasteiger partial charge < -0.3 is 14.7 Å². The molecule has 0 radical (unpaired) electrons. The molecule has 17 heavy (non-hydrogen) atoms. The van der Waals surface area contributed by atoms with Gasteiger partial charge in [-0.2, -0.15) is 0 Å². The number of benzene rings is 1. The van der Waals surface area contributed by atoms with Crippen LogP contribution >= 0.6 is 0 Å². The van der Waals surface area contributed by atoms with E-state index in [1.54, 1.807) is 7.11 Å². The molecule has 0 amide bonds. The molecule has 4 heteroatoms. The Hall–Kier alpha value is -1.55. The van der Waals surface area contributed by atoms with Gasteiger partial charge in [0.15, 0.2) is 0 Å². The SMILES string of the molecule is CC/C(=N/O)c1ccc(OCC(C)OC)cc1. The molecule has 1 N–H and O–H groups in total. The second-order valence-corrected chi connectivity index (χ2v) is 3.78. The molecule has 0 saturated carbocycles. The lowest BCUT2D eigenvalue weighted by atomic mass is 10.1. The van der Waals surface area contributed by atoms with Gasteiger partial charge in [-0.15, -0.1) is 0 Å². The first kappa shape index (κ1) is 13.5. The van der Waals surface area contributed by atoms with Crippen molar-refractivity contribution in [3.05, 3.63) is 29.8 Å². The Balaban J connectivity index is 2.62. The molecule has 94 valence electrons. The molecule has 1 rings (SSSR count). The summed E-state index contributed by atoms with van der Waals surface area (Å²) >= 11 is 0. The van der Waals surface area contributed by atoms with Crippen molar-refractivity contribution in [2.24, 2.45) is 5.16 Å². The lowest BCUT2D eigenvalue weighted by molar-refractivity contribution is 0.0717. The highest BCUT2D eigenvalue weighted by Crippen LogP contribution is 2.14. The van der Waals surface area contributed by atoms with Gasteiger partial charge in [0, 0.05) is 7.11 Å². The fourth-order valence-corrected chi connectivity index (χ4v) is 1.36. The van der Waals surface area contributed by atoms with Gasteiger partial charge in [-0.25, -0.2) is 0 Å². The van der Waals surface area contributed by atoms with Crippen molar-refractivity contribution >= 4 is 5.71 Å². The first-order valence-corrected chi connectivity index (χ1v) is 5.68. The third-order valence-electron chi connectivity index (χ3n) is 2.53. The average Bonchev–Trinajstić information content (AvgIpc) is 2.38. The van der Waals surface area contributed by atoms with Gasteiger partial charge >= 0.3 is 0 Å². The predicted octanol–water partition coefficient (Wildman–Crippen LogP) is 2.69. The maximum Gasteiger partial charge on any atom is 0.119 e. The number of hydrogen-bond acceptors (Lipinski definition) is 4. The fraction of sp³-hybridized carbons (Fsp3) is 0.462. The van der Waals surface area contributed by atoms with E-state index in [1.165, 1.54) is 0 Å². The molecule has 0 aliphatic carbocycles. The quantitative estimate of drug-likeness (QED) is 0.470. The summed E-state index contributed by atoms with van der Waals surface area (Å²) in [6, 6.07) is 7.48. The molecule has 1 unspecified atom stereocenters. The largest absolute Gasteiger partial charge is 0.491 e. The monoisotopic (exact) mass is 237 g/mol. The standard InChI is InChI=1S/C13H19NO3/c1-4-13(14-15)11-5-7-12(8-6-11)17-9-10(2)16-3/h5-8,10,15H,4,9H2,1-3H3/b14-13-. The molecule has 0 aliphatic rings. The van der Waals surface area contributed by atoms with Crippen LogP contribution in [0.25, 0.3) is 0 Å². The first-order chi connectivity index (χ1) is 8.21. The highest BCUT2D eigenvalue weighted by molar-refractivity contribution is 6.00. The zero-order chi connectivity index (χ0) is 12.7. The van der Waals surface area contributed by atoms with Crippen molar-refractivity contribution in [3.63, 3.8) is 0 Å². The van der Waals surface area contributed by atoms with E-state index >= 15 is 0 Å². The van der Waals surface area contributed by atoms with Crippen molar-refractivity contribution in [3.8, 4) is 5.75 Å². The fourth-order valence-electron chi connectivity index (χ4n) is 1.36. The predicted molar refractivity (Wildman–Crippen MR) is 67.0 cm³/mol. The lowest BCUT2D eigenvalue weighted by Gasteiger charge is -2.11. The Bertz CT molecular complexity index is 359. The summed E-state index contributed by atoms with van der Waals surface area (Å²) in [4.78, 5) is 0. The summed E-state index contributed by atoms with van der Waals surface area (Å²) in [7, 11) is 1.66. The van der Waals surface area contributed by atoms with E-state index in [0.29, 0.717) is 18.7 Å². The third kappa shape index (κ3) is 4.07. The molecule has 0 spiro atoms. The lowest BCUT2D eigenvalue weighted by Crippen LogP contribution is -2.15. The molecule has 0 bridgehead atoms. The van der Waals surface area contributed by atoms with Crippen LogP contribution in [0.3, 0.4) is 0 Å².